The lowest BCUT2D eigenvalue weighted by Gasteiger charge is -2.44. The fourth-order valence-electron chi connectivity index (χ4n) is 7.65. The zero-order valence-electron chi connectivity index (χ0n) is 27.8. The van der Waals surface area contributed by atoms with Gasteiger partial charge in [-0.25, -0.2) is 0 Å². The Labute approximate surface area is 269 Å². The van der Waals surface area contributed by atoms with Gasteiger partial charge in [0.2, 0.25) is 5.91 Å². The molecule has 1 saturated heterocycles. The van der Waals surface area contributed by atoms with Gasteiger partial charge in [-0.1, -0.05) is 6.92 Å². The first-order chi connectivity index (χ1) is 21.7. The van der Waals surface area contributed by atoms with Crippen molar-refractivity contribution in [3.8, 4) is 5.75 Å². The van der Waals surface area contributed by atoms with Crippen molar-refractivity contribution < 1.29 is 14.3 Å². The molecule has 2 amide bonds. The number of fused-ring (bicyclic) bond motifs is 1. The van der Waals surface area contributed by atoms with E-state index in [1.807, 2.05) is 37.4 Å². The maximum Gasteiger partial charge on any atom is 0.251 e. The highest BCUT2D eigenvalue weighted by molar-refractivity contribution is 6.05. The van der Waals surface area contributed by atoms with Crippen molar-refractivity contribution in [3.63, 3.8) is 0 Å². The number of carbonyl (C=O) groups excluding carboxylic acids is 2. The van der Waals surface area contributed by atoms with E-state index in [0.29, 0.717) is 17.4 Å². The standard InChI is InChI=1S/C36H52N6O3/c1-6-31-36(44)39(4)32-16-12-28(22-33(32)42(31)24(2)3)37-30-15-9-26(21-34(30)45-5)35(43)38-27-10-13-29(14-11-27)41-19-17-40(18-20-41)23-25-7-8-25/h9,12,15-16,21-22,24-25,27,29,31,37H,6-8,10-11,13-14,17-20,23H2,1-5H3,(H,38,43)/t27?,29?,31-/m1/s1. The SMILES string of the molecule is CC[C@@H]1C(=O)N(C)c2ccc(Nc3ccc(C(=O)NC4CCC(N5CCN(CC6CC6)CC5)CC4)cc3OC)cc2N1C(C)C. The van der Waals surface area contributed by atoms with Crippen LogP contribution in [-0.2, 0) is 4.79 Å². The average molecular weight is 617 g/mol. The van der Waals surface area contributed by atoms with Crippen LogP contribution in [0.15, 0.2) is 36.4 Å². The molecule has 0 bridgehead atoms. The van der Waals surface area contributed by atoms with Gasteiger partial charge in [0.15, 0.2) is 0 Å². The molecule has 2 aromatic rings. The zero-order valence-corrected chi connectivity index (χ0v) is 27.8. The smallest absolute Gasteiger partial charge is 0.251 e. The summed E-state index contributed by atoms with van der Waals surface area (Å²) < 4.78 is 5.73. The predicted octanol–water partition coefficient (Wildman–Crippen LogP) is 5.48. The van der Waals surface area contributed by atoms with Gasteiger partial charge in [0, 0.05) is 69.1 Å². The number of ether oxygens (including phenoxy) is 1. The lowest BCUT2D eigenvalue weighted by molar-refractivity contribution is -0.120. The monoisotopic (exact) mass is 616 g/mol. The van der Waals surface area contributed by atoms with E-state index < -0.39 is 0 Å². The van der Waals surface area contributed by atoms with Crippen LogP contribution in [0.25, 0.3) is 0 Å². The third kappa shape index (κ3) is 6.94. The summed E-state index contributed by atoms with van der Waals surface area (Å²) in [6, 6.07) is 12.5. The summed E-state index contributed by atoms with van der Waals surface area (Å²) in [5, 5.41) is 6.80. The first kappa shape index (κ1) is 31.7. The summed E-state index contributed by atoms with van der Waals surface area (Å²) in [7, 11) is 3.49. The topological polar surface area (TPSA) is 80.4 Å². The predicted molar refractivity (Wildman–Crippen MR) is 182 cm³/mol. The van der Waals surface area contributed by atoms with Crippen LogP contribution in [0.1, 0.15) is 76.1 Å². The van der Waals surface area contributed by atoms with Gasteiger partial charge >= 0.3 is 0 Å². The molecule has 0 spiro atoms. The summed E-state index contributed by atoms with van der Waals surface area (Å²) in [6.45, 7) is 12.4. The van der Waals surface area contributed by atoms with Gasteiger partial charge in [-0.3, -0.25) is 14.5 Å². The number of carbonyl (C=O) groups is 2. The Kier molecular flexibility index (Phi) is 9.57. The molecule has 2 aromatic carbocycles. The van der Waals surface area contributed by atoms with E-state index in [1.165, 1.54) is 45.6 Å². The molecule has 6 rings (SSSR count). The highest BCUT2D eigenvalue weighted by Gasteiger charge is 2.37. The highest BCUT2D eigenvalue weighted by Crippen LogP contribution is 2.41. The molecular weight excluding hydrogens is 564 g/mol. The second-order valence-corrected chi connectivity index (χ2v) is 13.8. The highest BCUT2D eigenvalue weighted by atomic mass is 16.5. The molecule has 0 radical (unpaired) electrons. The molecule has 4 aliphatic rings. The quantitative estimate of drug-likeness (QED) is 0.366. The minimum absolute atomic E-state index is 0.0448. The van der Waals surface area contributed by atoms with Gasteiger partial charge in [-0.2, -0.15) is 0 Å². The maximum absolute atomic E-state index is 13.3. The van der Waals surface area contributed by atoms with Gasteiger partial charge in [0.25, 0.3) is 5.91 Å². The van der Waals surface area contributed by atoms with Crippen LogP contribution in [0.3, 0.4) is 0 Å². The first-order valence-corrected chi connectivity index (χ1v) is 17.2. The van der Waals surface area contributed by atoms with Crippen molar-refractivity contribution in [1.82, 2.24) is 15.1 Å². The van der Waals surface area contributed by atoms with Crippen molar-refractivity contribution in [2.45, 2.75) is 89.9 Å². The summed E-state index contributed by atoms with van der Waals surface area (Å²) >= 11 is 0. The van der Waals surface area contributed by atoms with Crippen molar-refractivity contribution in [2.75, 3.05) is 62.0 Å². The molecule has 2 N–H and O–H groups in total. The van der Waals surface area contributed by atoms with E-state index >= 15 is 0 Å². The van der Waals surface area contributed by atoms with Gasteiger partial charge < -0.3 is 30.1 Å². The number of anilines is 4. The molecular formula is C36H52N6O3. The number of nitrogens with one attached hydrogen (secondary N) is 2. The van der Waals surface area contributed by atoms with Crippen molar-refractivity contribution in [1.29, 1.82) is 0 Å². The lowest BCUT2D eigenvalue weighted by Crippen LogP contribution is -2.54. The minimum atomic E-state index is -0.188. The van der Waals surface area contributed by atoms with E-state index in [2.05, 4.69) is 52.2 Å². The summed E-state index contributed by atoms with van der Waals surface area (Å²) in [5.74, 6) is 1.67. The van der Waals surface area contributed by atoms with Crippen LogP contribution in [0.5, 0.6) is 5.75 Å². The zero-order chi connectivity index (χ0) is 31.7. The van der Waals surface area contributed by atoms with Crippen LogP contribution in [-0.4, -0.2) is 92.7 Å². The molecule has 45 heavy (non-hydrogen) atoms. The summed E-state index contributed by atoms with van der Waals surface area (Å²) in [4.78, 5) is 35.7. The van der Waals surface area contributed by atoms with Crippen molar-refractivity contribution >= 4 is 34.6 Å². The number of amides is 2. The van der Waals surface area contributed by atoms with Crippen LogP contribution >= 0.6 is 0 Å². The third-order valence-corrected chi connectivity index (χ3v) is 10.4. The number of piperazine rings is 1. The van der Waals surface area contributed by atoms with Crippen LogP contribution in [0.4, 0.5) is 22.7 Å². The van der Waals surface area contributed by atoms with E-state index in [-0.39, 0.29) is 29.9 Å². The number of hydrogen-bond donors (Lipinski definition) is 2. The van der Waals surface area contributed by atoms with Gasteiger partial charge in [0.1, 0.15) is 11.8 Å². The maximum atomic E-state index is 13.3. The lowest BCUT2D eigenvalue weighted by atomic mass is 9.89. The molecule has 2 aliphatic carbocycles. The molecule has 2 saturated carbocycles. The van der Waals surface area contributed by atoms with Crippen LogP contribution in [0, 0.1) is 5.92 Å². The molecule has 0 unspecified atom stereocenters. The molecule has 9 nitrogen and oxygen atoms in total. The number of nitrogens with zero attached hydrogens (tertiary/aromatic N) is 4. The molecule has 2 aliphatic heterocycles. The molecule has 9 heteroatoms. The molecule has 244 valence electrons. The van der Waals surface area contributed by atoms with Gasteiger partial charge in [-0.05, 0) is 101 Å². The van der Waals surface area contributed by atoms with Crippen molar-refractivity contribution in [2.24, 2.45) is 5.92 Å². The van der Waals surface area contributed by atoms with Crippen LogP contribution < -0.4 is 25.2 Å². The molecule has 2 heterocycles. The number of benzene rings is 2. The number of methoxy groups -OCH3 is 1. The fourth-order valence-corrected chi connectivity index (χ4v) is 7.65. The molecule has 3 fully saturated rings. The Balaban J connectivity index is 1.06. The Bertz CT molecular complexity index is 1360. The van der Waals surface area contributed by atoms with Gasteiger partial charge in [-0.15, -0.1) is 0 Å². The molecule has 1 atom stereocenters. The number of rotatable bonds is 10. The minimum Gasteiger partial charge on any atom is -0.495 e. The normalized spacial score (nSPS) is 24.5. The van der Waals surface area contributed by atoms with E-state index in [9.17, 15) is 9.59 Å². The Hall–Kier alpha value is -3.30. The molecule has 0 aromatic heterocycles. The number of likely N-dealkylation sites (N-methyl/N-ethyl adjacent to an activating group) is 1. The summed E-state index contributed by atoms with van der Waals surface area (Å²) in [6.07, 6.45) is 7.96. The van der Waals surface area contributed by atoms with Crippen LogP contribution in [0.2, 0.25) is 0 Å². The van der Waals surface area contributed by atoms with Gasteiger partial charge in [0.05, 0.1) is 24.2 Å². The van der Waals surface area contributed by atoms with Crippen molar-refractivity contribution in [3.05, 3.63) is 42.0 Å². The first-order valence-electron chi connectivity index (χ1n) is 17.2. The van der Waals surface area contributed by atoms with E-state index in [4.69, 9.17) is 4.74 Å². The Morgan fingerprint density at radius 3 is 2.33 bits per heavy atom. The number of hydrogen-bond acceptors (Lipinski definition) is 7. The second-order valence-electron chi connectivity index (χ2n) is 13.8. The Morgan fingerprint density at radius 1 is 0.956 bits per heavy atom. The fraction of sp³-hybridized carbons (Fsp3) is 0.611. The summed E-state index contributed by atoms with van der Waals surface area (Å²) in [5.41, 5.74) is 4.23. The average Bonchev–Trinajstić information content (AvgIpc) is 3.87. The Morgan fingerprint density at radius 2 is 1.69 bits per heavy atom. The second kappa shape index (κ2) is 13.6. The third-order valence-electron chi connectivity index (χ3n) is 10.4. The van der Waals surface area contributed by atoms with E-state index in [0.717, 1.165) is 60.8 Å². The largest absolute Gasteiger partial charge is 0.495 e. The van der Waals surface area contributed by atoms with E-state index in [1.54, 1.807) is 12.0 Å².